The van der Waals surface area contributed by atoms with Crippen molar-refractivity contribution in [3.05, 3.63) is 65.1 Å². The number of hydrogen-bond donors (Lipinski definition) is 2. The van der Waals surface area contributed by atoms with Crippen LogP contribution in [0.3, 0.4) is 0 Å². The van der Waals surface area contributed by atoms with E-state index in [1.165, 1.54) is 17.7 Å². The summed E-state index contributed by atoms with van der Waals surface area (Å²) >= 11 is 0. The van der Waals surface area contributed by atoms with Crippen molar-refractivity contribution in [2.75, 3.05) is 39.3 Å². The molecule has 0 amide bonds. The fourth-order valence-corrected chi connectivity index (χ4v) is 4.65. The Labute approximate surface area is 204 Å². The maximum Gasteiger partial charge on any atom is 0.167 e. The number of benzene rings is 1. The van der Waals surface area contributed by atoms with E-state index < -0.39 is 11.6 Å². The lowest BCUT2D eigenvalue weighted by Crippen LogP contribution is -2.42. The van der Waals surface area contributed by atoms with Gasteiger partial charge in [0.2, 0.25) is 0 Å². The molecule has 0 saturated carbocycles. The summed E-state index contributed by atoms with van der Waals surface area (Å²) in [6.45, 7) is 7.97. The highest BCUT2D eigenvalue weighted by Crippen LogP contribution is 2.27. The maximum atomic E-state index is 14.1. The number of hydrogen-bond acceptors (Lipinski definition) is 5. The van der Waals surface area contributed by atoms with Crippen LogP contribution in [0.4, 0.5) is 8.78 Å². The Morgan fingerprint density at radius 2 is 2.09 bits per heavy atom. The third-order valence-electron chi connectivity index (χ3n) is 6.54. The number of H-pyrrole nitrogens is 1. The van der Waals surface area contributed by atoms with E-state index in [4.69, 9.17) is 9.73 Å². The van der Waals surface area contributed by atoms with Crippen LogP contribution in [0.25, 0.3) is 5.57 Å². The zero-order chi connectivity index (χ0) is 24.8. The number of piperidine rings is 1. The van der Waals surface area contributed by atoms with Crippen LogP contribution in [0.15, 0.2) is 52.9 Å². The fourth-order valence-electron chi connectivity index (χ4n) is 4.65. The minimum absolute atomic E-state index is 0.0849. The van der Waals surface area contributed by atoms with Gasteiger partial charge in [-0.3, -0.25) is 10.00 Å². The summed E-state index contributed by atoms with van der Waals surface area (Å²) in [4.78, 5) is 9.66. The zero-order valence-electron chi connectivity index (χ0n) is 20.3. The summed E-state index contributed by atoms with van der Waals surface area (Å²) in [5, 5.41) is 16.3. The van der Waals surface area contributed by atoms with Gasteiger partial charge < -0.3 is 14.7 Å². The van der Waals surface area contributed by atoms with Crippen molar-refractivity contribution in [1.29, 1.82) is 0 Å². The molecule has 0 atom stereocenters. The van der Waals surface area contributed by atoms with E-state index in [1.54, 1.807) is 6.20 Å². The Kier molecular flexibility index (Phi) is 8.30. The van der Waals surface area contributed by atoms with Crippen LogP contribution in [-0.4, -0.2) is 76.4 Å². The van der Waals surface area contributed by atoms with E-state index in [2.05, 4.69) is 33.0 Å². The second-order valence-electron chi connectivity index (χ2n) is 8.98. The van der Waals surface area contributed by atoms with E-state index >= 15 is 0 Å². The molecule has 0 radical (unpaired) electrons. The largest absolute Gasteiger partial charge is 0.487 e. The number of ether oxygens (including phenoxy) is 1. The summed E-state index contributed by atoms with van der Waals surface area (Å²) in [7, 11) is 0. The van der Waals surface area contributed by atoms with Gasteiger partial charge in [0.15, 0.2) is 11.6 Å². The van der Waals surface area contributed by atoms with Crippen molar-refractivity contribution in [3.8, 4) is 5.75 Å². The van der Waals surface area contributed by atoms with E-state index in [0.29, 0.717) is 32.5 Å². The minimum Gasteiger partial charge on any atom is -0.487 e. The second-order valence-corrected chi connectivity index (χ2v) is 8.98. The zero-order valence-corrected chi connectivity index (χ0v) is 20.3. The molecule has 2 N–H and O–H groups in total. The first-order valence-corrected chi connectivity index (χ1v) is 12.1. The van der Waals surface area contributed by atoms with Gasteiger partial charge in [-0.1, -0.05) is 6.08 Å². The molecule has 1 saturated heterocycles. The third-order valence-corrected chi connectivity index (χ3v) is 6.54. The number of nitrogens with zero attached hydrogens (tertiary/aromatic N) is 4. The molecule has 2 aliphatic heterocycles. The number of likely N-dealkylation sites (tertiary alicyclic amines) is 1. The number of nitrogens with one attached hydrogen (secondary N) is 1. The molecule has 3 heterocycles. The normalized spacial score (nSPS) is 18.9. The van der Waals surface area contributed by atoms with Crippen molar-refractivity contribution in [2.24, 2.45) is 4.99 Å². The van der Waals surface area contributed by atoms with E-state index in [9.17, 15) is 13.9 Å². The van der Waals surface area contributed by atoms with Crippen molar-refractivity contribution < 1.29 is 18.6 Å². The van der Waals surface area contributed by atoms with Gasteiger partial charge in [-0.25, -0.2) is 13.8 Å². The number of allylic oxidation sites excluding steroid dienone is 1. The second kappa shape index (κ2) is 11.6. The van der Waals surface area contributed by atoms with E-state index in [0.717, 1.165) is 48.2 Å². The Balaban J connectivity index is 1.53. The smallest absolute Gasteiger partial charge is 0.167 e. The molecule has 1 aromatic heterocycles. The molecular formula is C26H33F2N5O2. The van der Waals surface area contributed by atoms with Crippen molar-refractivity contribution in [3.63, 3.8) is 0 Å². The van der Waals surface area contributed by atoms with Crippen molar-refractivity contribution in [1.82, 2.24) is 20.0 Å². The molecular weight excluding hydrogens is 452 g/mol. The highest BCUT2D eigenvalue weighted by molar-refractivity contribution is 6.22. The standard InChI is InChI=1S/C26H33F2N5O2/c1-3-22(19-15-29-30-16-19)26(31-24-8-9-32(12-13-34)17-18(24)2)33-10-6-21(7-11-33)35-25-5-4-20(27)14-23(25)28/h3-5,14-16,21,34H,6-13,17H2,1-2H3,(H,29,30)/b22-3+,31-26?. The fraction of sp³-hybridized carbons (Fsp3) is 0.462. The van der Waals surface area contributed by atoms with Gasteiger partial charge in [0, 0.05) is 81.1 Å². The summed E-state index contributed by atoms with van der Waals surface area (Å²) in [6, 6.07) is 3.41. The third kappa shape index (κ3) is 6.15. The topological polar surface area (TPSA) is 77.0 Å². The number of β-amino-alcohol motifs (C(OH)–C–C–N with tert-alkyl or cyclic N) is 1. The molecule has 4 rings (SSSR count). The lowest BCUT2D eigenvalue weighted by molar-refractivity contribution is 0.126. The molecule has 188 valence electrons. The minimum atomic E-state index is -0.680. The highest BCUT2D eigenvalue weighted by Gasteiger charge is 2.27. The molecule has 0 aliphatic carbocycles. The number of aliphatic imine (C=N–C) groups is 1. The first kappa shape index (κ1) is 25.1. The monoisotopic (exact) mass is 485 g/mol. The average Bonchev–Trinajstić information content (AvgIpc) is 3.37. The summed E-state index contributed by atoms with van der Waals surface area (Å²) in [6.07, 6.45) is 7.77. The SMILES string of the molecule is C/C=C(/C(=NC1=C(C)CN(CCO)CC1)N1CCC(Oc2ccc(F)cc2F)CC1)c1cn[nH]c1. The van der Waals surface area contributed by atoms with Crippen molar-refractivity contribution >= 4 is 11.4 Å². The van der Waals surface area contributed by atoms with Crippen LogP contribution in [0, 0.1) is 11.6 Å². The molecule has 0 bridgehead atoms. The molecule has 0 spiro atoms. The van der Waals surface area contributed by atoms with Crippen LogP contribution in [0.1, 0.15) is 38.7 Å². The van der Waals surface area contributed by atoms with Gasteiger partial charge in [-0.15, -0.1) is 0 Å². The number of aromatic amines is 1. The Bertz CT molecular complexity index is 1090. The average molecular weight is 486 g/mol. The summed E-state index contributed by atoms with van der Waals surface area (Å²) in [5.41, 5.74) is 4.24. The lowest BCUT2D eigenvalue weighted by Gasteiger charge is -2.35. The highest BCUT2D eigenvalue weighted by atomic mass is 19.1. The van der Waals surface area contributed by atoms with Crippen LogP contribution in [0.2, 0.25) is 0 Å². The molecule has 1 fully saturated rings. The van der Waals surface area contributed by atoms with Gasteiger partial charge in [0.25, 0.3) is 0 Å². The molecule has 9 heteroatoms. The molecule has 2 aliphatic rings. The Morgan fingerprint density at radius 1 is 1.29 bits per heavy atom. The predicted octanol–water partition coefficient (Wildman–Crippen LogP) is 4.01. The maximum absolute atomic E-state index is 14.1. The van der Waals surface area contributed by atoms with Crippen molar-refractivity contribution in [2.45, 2.75) is 39.2 Å². The predicted molar refractivity (Wildman–Crippen MR) is 132 cm³/mol. The number of aliphatic hydroxyl groups is 1. The number of rotatable bonds is 7. The number of aromatic nitrogens is 2. The molecule has 2 aromatic rings. The Hall–Kier alpha value is -3.04. The molecule has 35 heavy (non-hydrogen) atoms. The Morgan fingerprint density at radius 3 is 2.71 bits per heavy atom. The van der Waals surface area contributed by atoms with Crippen LogP contribution in [-0.2, 0) is 0 Å². The quantitative estimate of drug-likeness (QED) is 0.458. The first-order chi connectivity index (χ1) is 17.0. The van der Waals surface area contributed by atoms with Crippen LogP contribution < -0.4 is 4.74 Å². The van der Waals surface area contributed by atoms with Crippen LogP contribution in [0.5, 0.6) is 5.75 Å². The van der Waals surface area contributed by atoms with Gasteiger partial charge in [-0.05, 0) is 31.6 Å². The summed E-state index contributed by atoms with van der Waals surface area (Å²) in [5.74, 6) is -0.316. The summed E-state index contributed by atoms with van der Waals surface area (Å²) < 4.78 is 33.1. The molecule has 0 unspecified atom stereocenters. The number of halogens is 2. The van der Waals surface area contributed by atoms with Gasteiger partial charge in [-0.2, -0.15) is 5.10 Å². The number of aliphatic hydroxyl groups excluding tert-OH is 1. The van der Waals surface area contributed by atoms with Gasteiger partial charge in [0.1, 0.15) is 17.8 Å². The molecule has 7 nitrogen and oxygen atoms in total. The van der Waals surface area contributed by atoms with E-state index in [1.807, 2.05) is 13.1 Å². The molecule has 1 aromatic carbocycles. The first-order valence-electron chi connectivity index (χ1n) is 12.1. The van der Waals surface area contributed by atoms with Gasteiger partial charge in [0.05, 0.1) is 12.8 Å². The lowest BCUT2D eigenvalue weighted by atomic mass is 10.0. The van der Waals surface area contributed by atoms with Gasteiger partial charge >= 0.3 is 0 Å². The van der Waals surface area contributed by atoms with Crippen LogP contribution >= 0.6 is 0 Å². The number of amidine groups is 1. The van der Waals surface area contributed by atoms with E-state index in [-0.39, 0.29) is 18.5 Å².